The van der Waals surface area contributed by atoms with E-state index in [9.17, 15) is 36.3 Å². The van der Waals surface area contributed by atoms with Gasteiger partial charge in [-0.3, -0.25) is 19.4 Å². The van der Waals surface area contributed by atoms with E-state index in [-0.39, 0.29) is 10.8 Å². The molecular weight excluding hydrogens is 611 g/mol. The summed E-state index contributed by atoms with van der Waals surface area (Å²) < 4.78 is 70.7. The van der Waals surface area contributed by atoms with E-state index in [1.54, 1.807) is 0 Å². The van der Waals surface area contributed by atoms with Crippen molar-refractivity contribution in [3.8, 4) is 0 Å². The Morgan fingerprint density at radius 3 is 2.13 bits per heavy atom. The van der Waals surface area contributed by atoms with Crippen LogP contribution in [0.25, 0.3) is 6.08 Å². The van der Waals surface area contributed by atoms with Gasteiger partial charge in [-0.25, -0.2) is 31.9 Å². The molecule has 9 nitrogen and oxygen atoms in total. The first-order chi connectivity index (χ1) is 22.2. The van der Waals surface area contributed by atoms with E-state index in [0.717, 1.165) is 46.7 Å². The van der Waals surface area contributed by atoms with Crippen LogP contribution in [0.1, 0.15) is 36.4 Å². The normalized spacial score (nSPS) is 24.6. The molecule has 3 aromatic rings. The number of hydrazone groups is 1. The molecule has 0 bridgehead atoms. The Balaban J connectivity index is 1.20. The third-order valence-corrected chi connectivity index (χ3v) is 8.60. The van der Waals surface area contributed by atoms with Crippen LogP contribution >= 0.6 is 0 Å². The van der Waals surface area contributed by atoms with E-state index >= 15 is 0 Å². The molecule has 3 aromatic carbocycles. The molecular formula is C32H23F5N6O3. The molecule has 1 saturated heterocycles. The predicted molar refractivity (Wildman–Crippen MR) is 153 cm³/mol. The van der Waals surface area contributed by atoms with Crippen LogP contribution in [-0.4, -0.2) is 52.1 Å². The fourth-order valence-electron chi connectivity index (χ4n) is 6.52. The summed E-state index contributed by atoms with van der Waals surface area (Å²) in [5.41, 5.74) is 1.83. The zero-order chi connectivity index (χ0) is 32.3. The van der Waals surface area contributed by atoms with Gasteiger partial charge in [0.25, 0.3) is 17.7 Å². The lowest BCUT2D eigenvalue weighted by molar-refractivity contribution is -0.136. The van der Waals surface area contributed by atoms with E-state index in [1.807, 2.05) is 66.7 Å². The van der Waals surface area contributed by atoms with Crippen LogP contribution in [0.2, 0.25) is 0 Å². The number of benzene rings is 3. The number of nitrogens with zero attached hydrogens (tertiary/aromatic N) is 6. The molecule has 0 radical (unpaired) electrons. The van der Waals surface area contributed by atoms with Gasteiger partial charge in [0.1, 0.15) is 12.2 Å². The third kappa shape index (κ3) is 4.58. The second-order valence-electron chi connectivity index (χ2n) is 11.3. The van der Waals surface area contributed by atoms with Crippen molar-refractivity contribution in [3.05, 3.63) is 106 Å². The molecule has 234 valence electrons. The summed E-state index contributed by atoms with van der Waals surface area (Å²) in [5, 5.41) is 14.5. The van der Waals surface area contributed by atoms with Crippen LogP contribution in [0, 0.1) is 35.0 Å². The number of amides is 3. The minimum absolute atomic E-state index is 0.126. The van der Waals surface area contributed by atoms with Gasteiger partial charge in [-0.2, -0.15) is 10.2 Å². The van der Waals surface area contributed by atoms with Crippen molar-refractivity contribution in [1.82, 2.24) is 10.0 Å². The summed E-state index contributed by atoms with van der Waals surface area (Å²) in [6.45, 7) is -0.612. The van der Waals surface area contributed by atoms with Crippen molar-refractivity contribution in [2.75, 3.05) is 11.4 Å². The van der Waals surface area contributed by atoms with Gasteiger partial charge < -0.3 is 0 Å². The van der Waals surface area contributed by atoms with Crippen molar-refractivity contribution in [1.29, 1.82) is 0 Å². The second-order valence-corrected chi connectivity index (χ2v) is 11.3. The molecule has 0 N–H and O–H groups in total. The van der Waals surface area contributed by atoms with E-state index < -0.39 is 77.2 Å². The van der Waals surface area contributed by atoms with Gasteiger partial charge in [0.15, 0.2) is 35.4 Å². The monoisotopic (exact) mass is 634 g/mol. The van der Waals surface area contributed by atoms with Gasteiger partial charge in [0, 0.05) is 5.92 Å². The van der Waals surface area contributed by atoms with Crippen molar-refractivity contribution >= 4 is 35.2 Å². The maximum atomic E-state index is 14.6. The maximum Gasteiger partial charge on any atom is 0.264 e. The van der Waals surface area contributed by atoms with Gasteiger partial charge >= 0.3 is 0 Å². The van der Waals surface area contributed by atoms with Gasteiger partial charge in [-0.15, -0.1) is 0 Å². The molecule has 4 aliphatic rings. The molecule has 0 aromatic heterocycles. The van der Waals surface area contributed by atoms with Crippen LogP contribution in [0.3, 0.4) is 0 Å². The van der Waals surface area contributed by atoms with E-state index in [0.29, 0.717) is 0 Å². The number of hydrogen-bond acceptors (Lipinski definition) is 7. The Bertz CT molecular complexity index is 1840. The molecule has 3 heterocycles. The van der Waals surface area contributed by atoms with E-state index in [1.165, 1.54) is 5.01 Å². The quantitative estimate of drug-likeness (QED) is 0.160. The highest BCUT2D eigenvalue weighted by molar-refractivity contribution is 6.25. The number of anilines is 1. The lowest BCUT2D eigenvalue weighted by atomic mass is 9.77. The summed E-state index contributed by atoms with van der Waals surface area (Å²) in [7, 11) is 0. The molecule has 7 rings (SSSR count). The second kappa shape index (κ2) is 11.3. The lowest BCUT2D eigenvalue weighted by Crippen LogP contribution is -2.45. The van der Waals surface area contributed by atoms with Crippen LogP contribution in [0.15, 0.2) is 81.7 Å². The van der Waals surface area contributed by atoms with Crippen molar-refractivity contribution in [2.24, 2.45) is 21.4 Å². The molecule has 3 aliphatic heterocycles. The number of hydrogen-bond donors (Lipinski definition) is 0. The van der Waals surface area contributed by atoms with E-state index in [4.69, 9.17) is 5.10 Å². The summed E-state index contributed by atoms with van der Waals surface area (Å²) >= 11 is 0. The Labute approximate surface area is 258 Å². The number of halogens is 5. The molecule has 2 fully saturated rings. The molecule has 1 aliphatic carbocycles. The van der Waals surface area contributed by atoms with Crippen molar-refractivity contribution < 1.29 is 36.3 Å². The van der Waals surface area contributed by atoms with Crippen LogP contribution in [0.5, 0.6) is 0 Å². The van der Waals surface area contributed by atoms with Crippen LogP contribution < -0.4 is 4.90 Å². The Hall–Kier alpha value is -5.27. The smallest absolute Gasteiger partial charge is 0.264 e. The highest BCUT2D eigenvalue weighted by atomic mass is 19.2. The van der Waals surface area contributed by atoms with Crippen molar-refractivity contribution in [3.63, 3.8) is 0 Å². The molecule has 14 heteroatoms. The predicted octanol–water partition coefficient (Wildman–Crippen LogP) is 5.50. The average molecular weight is 635 g/mol. The number of rotatable bonds is 5. The largest absolute Gasteiger partial charge is 0.271 e. The minimum atomic E-state index is -2.44. The fraction of sp³-hybridized carbons (Fsp3) is 0.250. The summed E-state index contributed by atoms with van der Waals surface area (Å²) in [5.74, 6) is -15.2. The Morgan fingerprint density at radius 1 is 0.826 bits per heavy atom. The van der Waals surface area contributed by atoms with Gasteiger partial charge in [-0.1, -0.05) is 65.9 Å². The molecule has 0 unspecified atom stereocenters. The first-order valence-corrected chi connectivity index (χ1v) is 14.5. The topological polar surface area (TPSA) is 98.0 Å². The zero-order valence-electron chi connectivity index (χ0n) is 23.8. The third-order valence-electron chi connectivity index (χ3n) is 8.60. The van der Waals surface area contributed by atoms with Gasteiger partial charge in [0.2, 0.25) is 5.82 Å². The number of allylic oxidation sites excluding steroid dienone is 1. The SMILES string of the molecule is O=C1[C@H]2N=NN(CC(=O)N3N=C4/C(=C/c5ccccc5)CCC[C@@H]4[C@@H]3c3ccccc3)[C@H]2C(=O)N1c1c(F)c(F)c(F)c(F)c1F. The minimum Gasteiger partial charge on any atom is -0.271 e. The standard InChI is InChI=1S/C32H23F5N6O3/c33-21-22(34)24(36)29(25(37)23(21)35)42-31(45)27-30(32(42)46)41(40-38-27)15-20(44)43-28(17-10-5-2-6-11-17)19-13-7-12-18(26(19)39-43)14-16-8-3-1-4-9-16/h1-6,8-11,14,19,27-28,30H,7,12-13,15H2/b18-14+/t19-,27-,28-,30+/m0/s1. The van der Waals surface area contributed by atoms with E-state index in [2.05, 4.69) is 10.3 Å². The zero-order valence-corrected chi connectivity index (χ0v) is 23.8. The van der Waals surface area contributed by atoms with Crippen LogP contribution in [-0.2, 0) is 14.4 Å². The average Bonchev–Trinajstić information content (AvgIpc) is 3.74. The van der Waals surface area contributed by atoms with Gasteiger partial charge in [-0.05, 0) is 42.0 Å². The summed E-state index contributed by atoms with van der Waals surface area (Å²) in [6, 6.07) is 15.2. The highest BCUT2D eigenvalue weighted by Gasteiger charge is 2.57. The first kappa shape index (κ1) is 29.4. The summed E-state index contributed by atoms with van der Waals surface area (Å²) in [4.78, 5) is 40.2. The molecule has 3 amide bonds. The number of carbonyl (C=O) groups is 3. The summed E-state index contributed by atoms with van der Waals surface area (Å²) in [6.07, 6.45) is 4.41. The fourth-order valence-corrected chi connectivity index (χ4v) is 6.52. The molecule has 4 atom stereocenters. The highest BCUT2D eigenvalue weighted by Crippen LogP contribution is 2.45. The molecule has 1 saturated carbocycles. The number of imide groups is 1. The number of carbonyl (C=O) groups excluding carboxylic acids is 3. The maximum absolute atomic E-state index is 14.6. The molecule has 0 spiro atoms. The van der Waals surface area contributed by atoms with Gasteiger partial charge in [0.05, 0.1) is 11.8 Å². The molecule has 46 heavy (non-hydrogen) atoms. The first-order valence-electron chi connectivity index (χ1n) is 14.5. The van der Waals surface area contributed by atoms with Crippen molar-refractivity contribution in [2.45, 2.75) is 37.4 Å². The van der Waals surface area contributed by atoms with Crippen LogP contribution in [0.4, 0.5) is 27.6 Å². The Morgan fingerprint density at radius 2 is 1.46 bits per heavy atom. The lowest BCUT2D eigenvalue weighted by Gasteiger charge is -2.30. The Kier molecular flexibility index (Phi) is 7.21. The number of fused-ring (bicyclic) bond motifs is 2.